The maximum absolute atomic E-state index is 9.00. The molecule has 0 atom stereocenters. The van der Waals surface area contributed by atoms with Gasteiger partial charge in [0, 0.05) is 27.7 Å². The van der Waals surface area contributed by atoms with Crippen LogP contribution in [0.5, 0.6) is 0 Å². The fraction of sp³-hybridized carbons (Fsp3) is 0.500. The molecule has 13 heteroatoms. The van der Waals surface area contributed by atoms with Gasteiger partial charge in [0.2, 0.25) is 0 Å². The molecule has 120 valence electrons. The van der Waals surface area contributed by atoms with Crippen LogP contribution in [0, 0.1) is 0 Å². The van der Waals surface area contributed by atoms with E-state index in [1.165, 1.54) is 0 Å². The van der Waals surface area contributed by atoms with Crippen molar-refractivity contribution in [2.45, 2.75) is 27.7 Å². The van der Waals surface area contributed by atoms with E-state index < -0.39 is 31.2 Å². The van der Waals surface area contributed by atoms with Crippen molar-refractivity contribution in [2.24, 2.45) is 0 Å². The van der Waals surface area contributed by atoms with E-state index >= 15 is 0 Å². The van der Waals surface area contributed by atoms with Crippen molar-refractivity contribution >= 4 is 31.2 Å². The summed E-state index contributed by atoms with van der Waals surface area (Å²) in [5.41, 5.74) is 0. The maximum atomic E-state index is 9.00. The molecular weight excluding hydrogens is 290 g/mol. The molecule has 0 aromatic heterocycles. The van der Waals surface area contributed by atoms with Gasteiger partial charge in [-0.1, -0.05) is 0 Å². The number of carboxylic acid groups (broad SMARTS) is 4. The topological polar surface area (TPSA) is 213 Å². The number of hydrogen-bond donors (Lipinski definition) is 6. The Hall–Kier alpha value is -1.58. The third-order valence-corrected chi connectivity index (χ3v) is 0. The number of hydrogen-bond acceptors (Lipinski definition) is 7. The SMILES string of the molecule is CC(=O)O.CC(=O)O.CC(=O)O.CC(=O)O.[Li+].[O-]B(O)O. The van der Waals surface area contributed by atoms with E-state index in [0.29, 0.717) is 0 Å². The van der Waals surface area contributed by atoms with Crippen LogP contribution in [0.4, 0.5) is 0 Å². The van der Waals surface area contributed by atoms with Gasteiger partial charge in [-0.3, -0.25) is 19.2 Å². The molecule has 11 nitrogen and oxygen atoms in total. The normalized spacial score (nSPS) is 6.05. The second-order valence-corrected chi connectivity index (χ2v) is 2.40. The van der Waals surface area contributed by atoms with E-state index in [1.54, 1.807) is 0 Å². The van der Waals surface area contributed by atoms with Crippen LogP contribution in [-0.2, 0) is 19.2 Å². The molecule has 0 rings (SSSR count). The molecule has 21 heavy (non-hydrogen) atoms. The van der Waals surface area contributed by atoms with Crippen LogP contribution in [0.15, 0.2) is 0 Å². The predicted octanol–water partition coefficient (Wildman–Crippen LogP) is -5.32. The maximum Gasteiger partial charge on any atom is 1.00 e. The van der Waals surface area contributed by atoms with Crippen molar-refractivity contribution in [3.63, 3.8) is 0 Å². The smallest absolute Gasteiger partial charge is 0.832 e. The van der Waals surface area contributed by atoms with Gasteiger partial charge in [-0.05, 0) is 0 Å². The van der Waals surface area contributed by atoms with Gasteiger partial charge in [0.15, 0.2) is 0 Å². The van der Waals surface area contributed by atoms with Crippen LogP contribution >= 0.6 is 0 Å². The average molecular weight is 308 g/mol. The molecule has 0 radical (unpaired) electrons. The molecule has 0 aliphatic heterocycles. The summed E-state index contributed by atoms with van der Waals surface area (Å²) in [5.74, 6) is -3.33. The Kier molecular flexibility index (Phi) is 54.1. The molecule has 0 bridgehead atoms. The molecule has 6 N–H and O–H groups in total. The Morgan fingerprint density at radius 3 is 0.667 bits per heavy atom. The molecule has 0 saturated carbocycles. The predicted molar refractivity (Wildman–Crippen MR) is 63.4 cm³/mol. The fourth-order valence-corrected chi connectivity index (χ4v) is 0. The van der Waals surface area contributed by atoms with Gasteiger partial charge < -0.3 is 35.5 Å². The van der Waals surface area contributed by atoms with Gasteiger partial charge in [0.25, 0.3) is 23.9 Å². The molecule has 0 heterocycles. The summed E-state index contributed by atoms with van der Waals surface area (Å²) in [6.07, 6.45) is 0. The molecule has 0 aliphatic carbocycles. The zero-order chi connectivity index (χ0) is 17.9. The first-order valence-electron chi connectivity index (χ1n) is 4.46. The summed E-state index contributed by atoms with van der Waals surface area (Å²) >= 11 is 0. The van der Waals surface area contributed by atoms with Crippen LogP contribution < -0.4 is 23.9 Å². The van der Waals surface area contributed by atoms with Gasteiger partial charge >= 0.3 is 26.2 Å². The van der Waals surface area contributed by atoms with E-state index in [0.717, 1.165) is 27.7 Å². The van der Waals surface area contributed by atoms with Crippen LogP contribution in [-0.4, -0.2) is 61.7 Å². The van der Waals surface area contributed by atoms with Crippen molar-refractivity contribution in [1.29, 1.82) is 0 Å². The van der Waals surface area contributed by atoms with Crippen molar-refractivity contribution in [1.82, 2.24) is 0 Å². The van der Waals surface area contributed by atoms with Crippen molar-refractivity contribution in [3.8, 4) is 0 Å². The second kappa shape index (κ2) is 31.0. The Labute approximate surface area is 133 Å². The van der Waals surface area contributed by atoms with Gasteiger partial charge in [0.1, 0.15) is 0 Å². The molecule has 0 aromatic rings. The molecular formula is C8H18BLiO11. The summed E-state index contributed by atoms with van der Waals surface area (Å²) in [7, 11) is -2.42. The Morgan fingerprint density at radius 1 is 0.667 bits per heavy atom. The molecule has 0 aromatic carbocycles. The zero-order valence-corrected chi connectivity index (χ0v) is 12.3. The van der Waals surface area contributed by atoms with Gasteiger partial charge in [0.05, 0.1) is 0 Å². The quantitative estimate of drug-likeness (QED) is 0.232. The minimum atomic E-state index is -2.42. The molecule has 0 fully saturated rings. The Bertz CT molecular complexity index is 202. The van der Waals surface area contributed by atoms with E-state index in [9.17, 15) is 0 Å². The zero-order valence-electron chi connectivity index (χ0n) is 12.3. The largest absolute Gasteiger partial charge is 1.00 e. The average Bonchev–Trinajstić information content (AvgIpc) is 1.94. The van der Waals surface area contributed by atoms with Crippen LogP contribution in [0.3, 0.4) is 0 Å². The first-order valence-corrected chi connectivity index (χ1v) is 4.46. The Balaban J connectivity index is -0.0000000331. The van der Waals surface area contributed by atoms with E-state index in [2.05, 4.69) is 0 Å². The fourth-order valence-electron chi connectivity index (χ4n) is 0. The second-order valence-electron chi connectivity index (χ2n) is 2.40. The van der Waals surface area contributed by atoms with E-state index in [4.69, 9.17) is 54.7 Å². The van der Waals surface area contributed by atoms with Crippen LogP contribution in [0.25, 0.3) is 0 Å². The summed E-state index contributed by atoms with van der Waals surface area (Å²) in [5, 5.41) is 52.4. The first kappa shape index (κ1) is 36.6. The monoisotopic (exact) mass is 308 g/mol. The summed E-state index contributed by atoms with van der Waals surface area (Å²) in [6.45, 7) is 4.33. The number of aliphatic carboxylic acids is 4. The summed E-state index contributed by atoms with van der Waals surface area (Å²) in [6, 6.07) is 0. The van der Waals surface area contributed by atoms with Crippen LogP contribution in [0.1, 0.15) is 27.7 Å². The molecule has 0 amide bonds. The third-order valence-electron chi connectivity index (χ3n) is 0. The van der Waals surface area contributed by atoms with E-state index in [-0.39, 0.29) is 18.9 Å². The van der Waals surface area contributed by atoms with E-state index in [1.807, 2.05) is 0 Å². The van der Waals surface area contributed by atoms with Crippen LogP contribution in [0.2, 0.25) is 0 Å². The summed E-state index contributed by atoms with van der Waals surface area (Å²) in [4.78, 5) is 36.0. The minimum absolute atomic E-state index is 0. The summed E-state index contributed by atoms with van der Waals surface area (Å²) < 4.78 is 0. The number of carbonyl (C=O) groups is 4. The number of rotatable bonds is 0. The molecule has 0 spiro atoms. The number of carboxylic acids is 4. The van der Waals surface area contributed by atoms with Gasteiger partial charge in [-0.15, -0.1) is 0 Å². The molecule has 0 unspecified atom stereocenters. The third kappa shape index (κ3) is 2000. The minimum Gasteiger partial charge on any atom is -0.832 e. The van der Waals surface area contributed by atoms with Crippen molar-refractivity contribution in [2.75, 3.05) is 0 Å². The Morgan fingerprint density at radius 2 is 0.667 bits per heavy atom. The van der Waals surface area contributed by atoms with Crippen molar-refractivity contribution in [3.05, 3.63) is 0 Å². The standard InChI is InChI=1S/4C2H4O2.BH2O3.Li/c4*1-2(3)4;2-1(3)4;/h4*1H3,(H,3,4);2-3H;/q;;;;-1;+1. The van der Waals surface area contributed by atoms with Crippen molar-refractivity contribution < 1.29 is 73.5 Å². The van der Waals surface area contributed by atoms with Gasteiger partial charge in [-0.25, -0.2) is 0 Å². The molecule has 0 saturated heterocycles. The first-order chi connectivity index (χ1) is 8.66. The molecule has 0 aliphatic rings. The van der Waals surface area contributed by atoms with Gasteiger partial charge in [-0.2, -0.15) is 0 Å².